The molecule has 0 heterocycles. The van der Waals surface area contributed by atoms with Crippen LogP contribution < -0.4 is 10.1 Å². The average molecular weight is 304 g/mol. The second-order valence-corrected chi connectivity index (χ2v) is 5.84. The van der Waals surface area contributed by atoms with Crippen molar-refractivity contribution in [2.45, 2.75) is 26.4 Å². The number of rotatable bonds is 6. The van der Waals surface area contributed by atoms with Gasteiger partial charge in [0.2, 0.25) is 0 Å². The SMILES string of the molecule is COc1cccc(Cl)c1CNC(c1ccccc1)C(C)C. The van der Waals surface area contributed by atoms with Crippen molar-refractivity contribution in [1.82, 2.24) is 5.32 Å². The van der Waals surface area contributed by atoms with Crippen molar-refractivity contribution in [2.24, 2.45) is 5.92 Å². The minimum Gasteiger partial charge on any atom is -0.496 e. The van der Waals surface area contributed by atoms with Crippen LogP contribution in [0.1, 0.15) is 31.0 Å². The van der Waals surface area contributed by atoms with Gasteiger partial charge in [0.25, 0.3) is 0 Å². The lowest BCUT2D eigenvalue weighted by molar-refractivity contribution is 0.389. The highest BCUT2D eigenvalue weighted by molar-refractivity contribution is 6.31. The number of halogens is 1. The lowest BCUT2D eigenvalue weighted by Crippen LogP contribution is -2.25. The van der Waals surface area contributed by atoms with E-state index in [-0.39, 0.29) is 6.04 Å². The first-order chi connectivity index (χ1) is 10.1. The van der Waals surface area contributed by atoms with E-state index in [1.54, 1.807) is 7.11 Å². The molecular weight excluding hydrogens is 282 g/mol. The summed E-state index contributed by atoms with van der Waals surface area (Å²) in [6.45, 7) is 5.11. The van der Waals surface area contributed by atoms with Crippen LogP contribution >= 0.6 is 11.6 Å². The third-order valence-electron chi connectivity index (χ3n) is 3.62. The van der Waals surface area contributed by atoms with Gasteiger partial charge in [0.1, 0.15) is 5.75 Å². The van der Waals surface area contributed by atoms with Crippen LogP contribution in [0.5, 0.6) is 5.75 Å². The van der Waals surface area contributed by atoms with E-state index in [9.17, 15) is 0 Å². The van der Waals surface area contributed by atoms with Gasteiger partial charge in [-0.15, -0.1) is 0 Å². The van der Waals surface area contributed by atoms with E-state index >= 15 is 0 Å². The van der Waals surface area contributed by atoms with Gasteiger partial charge in [0.05, 0.1) is 7.11 Å². The van der Waals surface area contributed by atoms with Crippen molar-refractivity contribution in [3.8, 4) is 5.75 Å². The Morgan fingerprint density at radius 1 is 1.05 bits per heavy atom. The Morgan fingerprint density at radius 2 is 1.76 bits per heavy atom. The van der Waals surface area contributed by atoms with Crippen molar-refractivity contribution in [2.75, 3.05) is 7.11 Å². The highest BCUT2D eigenvalue weighted by Gasteiger charge is 2.16. The monoisotopic (exact) mass is 303 g/mol. The predicted molar refractivity (Wildman–Crippen MR) is 88.9 cm³/mol. The van der Waals surface area contributed by atoms with Gasteiger partial charge in [0.15, 0.2) is 0 Å². The number of hydrogen-bond donors (Lipinski definition) is 1. The lowest BCUT2D eigenvalue weighted by atomic mass is 9.96. The molecule has 0 amide bonds. The molecule has 0 aliphatic rings. The average Bonchev–Trinajstić information content (AvgIpc) is 2.49. The summed E-state index contributed by atoms with van der Waals surface area (Å²) in [6, 6.07) is 16.5. The van der Waals surface area contributed by atoms with Gasteiger partial charge in [-0.25, -0.2) is 0 Å². The molecule has 1 unspecified atom stereocenters. The smallest absolute Gasteiger partial charge is 0.124 e. The molecule has 2 rings (SSSR count). The van der Waals surface area contributed by atoms with E-state index in [1.165, 1.54) is 5.56 Å². The Morgan fingerprint density at radius 3 is 2.38 bits per heavy atom. The van der Waals surface area contributed by atoms with Crippen LogP contribution in [0.25, 0.3) is 0 Å². The molecule has 0 saturated carbocycles. The van der Waals surface area contributed by atoms with Crippen molar-refractivity contribution >= 4 is 11.6 Å². The standard InChI is InChI=1S/C18H22ClNO/c1-13(2)18(14-8-5-4-6-9-14)20-12-15-16(19)10-7-11-17(15)21-3/h4-11,13,18,20H,12H2,1-3H3. The van der Waals surface area contributed by atoms with Crippen LogP contribution in [0.4, 0.5) is 0 Å². The van der Waals surface area contributed by atoms with Crippen LogP contribution in [0.2, 0.25) is 5.02 Å². The molecule has 2 aromatic carbocycles. The molecule has 0 aromatic heterocycles. The van der Waals surface area contributed by atoms with Gasteiger partial charge in [-0.1, -0.05) is 61.8 Å². The van der Waals surface area contributed by atoms with E-state index in [0.717, 1.165) is 16.3 Å². The van der Waals surface area contributed by atoms with Gasteiger partial charge in [-0.2, -0.15) is 0 Å². The van der Waals surface area contributed by atoms with Crippen LogP contribution in [0, 0.1) is 5.92 Å². The number of benzene rings is 2. The summed E-state index contributed by atoms with van der Waals surface area (Å²) in [7, 11) is 1.67. The summed E-state index contributed by atoms with van der Waals surface area (Å²) in [5.41, 5.74) is 2.29. The molecule has 0 bridgehead atoms. The van der Waals surface area contributed by atoms with Crippen LogP contribution in [0.3, 0.4) is 0 Å². The fraction of sp³-hybridized carbons (Fsp3) is 0.333. The maximum Gasteiger partial charge on any atom is 0.124 e. The van der Waals surface area contributed by atoms with Crippen LogP contribution in [-0.4, -0.2) is 7.11 Å². The summed E-state index contributed by atoms with van der Waals surface area (Å²) in [5, 5.41) is 4.34. The summed E-state index contributed by atoms with van der Waals surface area (Å²) in [5.74, 6) is 1.31. The van der Waals surface area contributed by atoms with E-state index < -0.39 is 0 Å². The van der Waals surface area contributed by atoms with E-state index in [1.807, 2.05) is 24.3 Å². The first-order valence-corrected chi connectivity index (χ1v) is 7.61. The third-order valence-corrected chi connectivity index (χ3v) is 3.97. The third kappa shape index (κ3) is 3.99. The van der Waals surface area contributed by atoms with E-state index in [0.29, 0.717) is 12.5 Å². The molecule has 0 spiro atoms. The summed E-state index contributed by atoms with van der Waals surface area (Å²) < 4.78 is 5.40. The summed E-state index contributed by atoms with van der Waals surface area (Å²) >= 11 is 6.30. The maximum absolute atomic E-state index is 6.30. The summed E-state index contributed by atoms with van der Waals surface area (Å²) in [6.07, 6.45) is 0. The zero-order chi connectivity index (χ0) is 15.2. The first kappa shape index (κ1) is 15.9. The largest absolute Gasteiger partial charge is 0.496 e. The quantitative estimate of drug-likeness (QED) is 0.825. The topological polar surface area (TPSA) is 21.3 Å². The fourth-order valence-electron chi connectivity index (χ4n) is 2.51. The number of nitrogens with one attached hydrogen (secondary N) is 1. The van der Waals surface area contributed by atoms with Crippen molar-refractivity contribution in [1.29, 1.82) is 0 Å². The molecule has 0 fully saturated rings. The minimum absolute atomic E-state index is 0.284. The molecule has 112 valence electrons. The maximum atomic E-state index is 6.30. The molecule has 0 aliphatic heterocycles. The Labute approximate surface area is 132 Å². The Kier molecular flexibility index (Phi) is 5.66. The molecule has 2 nitrogen and oxygen atoms in total. The highest BCUT2D eigenvalue weighted by atomic mass is 35.5. The van der Waals surface area contributed by atoms with E-state index in [2.05, 4.69) is 43.4 Å². The van der Waals surface area contributed by atoms with Crippen molar-refractivity contribution in [3.05, 3.63) is 64.7 Å². The molecule has 0 radical (unpaired) electrons. The minimum atomic E-state index is 0.284. The number of methoxy groups -OCH3 is 1. The Bertz CT molecular complexity index is 569. The zero-order valence-corrected chi connectivity index (χ0v) is 13.5. The predicted octanol–water partition coefficient (Wildman–Crippen LogP) is 4.84. The molecule has 21 heavy (non-hydrogen) atoms. The van der Waals surface area contributed by atoms with Crippen molar-refractivity contribution in [3.63, 3.8) is 0 Å². The van der Waals surface area contributed by atoms with Crippen LogP contribution in [0.15, 0.2) is 48.5 Å². The second-order valence-electron chi connectivity index (χ2n) is 5.43. The second kappa shape index (κ2) is 7.48. The van der Waals surface area contributed by atoms with Gasteiger partial charge in [-0.05, 0) is 23.6 Å². The number of ether oxygens (including phenoxy) is 1. The van der Waals surface area contributed by atoms with E-state index in [4.69, 9.17) is 16.3 Å². The van der Waals surface area contributed by atoms with Crippen LogP contribution in [-0.2, 0) is 6.54 Å². The van der Waals surface area contributed by atoms with Gasteiger partial charge >= 0.3 is 0 Å². The van der Waals surface area contributed by atoms with Crippen molar-refractivity contribution < 1.29 is 4.74 Å². The first-order valence-electron chi connectivity index (χ1n) is 7.23. The molecule has 1 atom stereocenters. The van der Waals surface area contributed by atoms with Gasteiger partial charge in [0, 0.05) is 23.2 Å². The highest BCUT2D eigenvalue weighted by Crippen LogP contribution is 2.28. The normalized spacial score (nSPS) is 12.4. The fourth-order valence-corrected chi connectivity index (χ4v) is 2.75. The molecule has 0 saturated heterocycles. The van der Waals surface area contributed by atoms with Gasteiger partial charge in [-0.3, -0.25) is 0 Å². The lowest BCUT2D eigenvalue weighted by Gasteiger charge is -2.24. The number of hydrogen-bond acceptors (Lipinski definition) is 2. The van der Waals surface area contributed by atoms with Gasteiger partial charge < -0.3 is 10.1 Å². The summed E-state index contributed by atoms with van der Waals surface area (Å²) in [4.78, 5) is 0. The molecule has 0 aliphatic carbocycles. The molecule has 3 heteroatoms. The molecule has 2 aromatic rings. The Balaban J connectivity index is 2.17. The Hall–Kier alpha value is -1.51. The molecular formula is C18H22ClNO. The zero-order valence-electron chi connectivity index (χ0n) is 12.8. The molecule has 1 N–H and O–H groups in total.